The molecule has 1 aliphatic rings. The van der Waals surface area contributed by atoms with E-state index in [1.807, 2.05) is 19.1 Å². The third kappa shape index (κ3) is 2.40. The van der Waals surface area contributed by atoms with E-state index < -0.39 is 0 Å². The van der Waals surface area contributed by atoms with Crippen molar-refractivity contribution in [2.75, 3.05) is 6.61 Å². The number of ether oxygens (including phenoxy) is 1. The lowest BCUT2D eigenvalue weighted by Crippen LogP contribution is -2.02. The first kappa shape index (κ1) is 9.37. The molecule has 0 aromatic heterocycles. The highest BCUT2D eigenvalue weighted by atomic mass is 16.5. The summed E-state index contributed by atoms with van der Waals surface area (Å²) in [7, 11) is 0. The highest BCUT2D eigenvalue weighted by Crippen LogP contribution is 2.31. The summed E-state index contributed by atoms with van der Waals surface area (Å²) < 4.78 is 5.56. The summed E-state index contributed by atoms with van der Waals surface area (Å²) in [6.45, 7) is 6.51. The van der Waals surface area contributed by atoms with E-state index in [0.29, 0.717) is 5.92 Å². The van der Waals surface area contributed by atoms with Gasteiger partial charge in [-0.2, -0.15) is 0 Å². The van der Waals surface area contributed by atoms with Crippen molar-refractivity contribution in [1.82, 2.24) is 0 Å². The van der Waals surface area contributed by atoms with E-state index in [0.717, 1.165) is 12.4 Å². The third-order valence-electron chi connectivity index (χ3n) is 2.35. The molecular weight excluding hydrogens is 148 g/mol. The zero-order valence-corrected chi connectivity index (χ0v) is 7.88. The minimum Gasteiger partial charge on any atom is -0.498 e. The molecule has 1 nitrogen and oxygen atoms in total. The molecule has 0 aromatic rings. The molecule has 0 spiro atoms. The van der Waals surface area contributed by atoms with Crippen LogP contribution in [0.15, 0.2) is 24.5 Å². The second-order valence-corrected chi connectivity index (χ2v) is 3.22. The van der Waals surface area contributed by atoms with Gasteiger partial charge >= 0.3 is 0 Å². The molecule has 1 heteroatoms. The van der Waals surface area contributed by atoms with E-state index in [2.05, 4.69) is 6.58 Å². The van der Waals surface area contributed by atoms with Crippen LogP contribution < -0.4 is 0 Å². The second-order valence-electron chi connectivity index (χ2n) is 3.22. The van der Waals surface area contributed by atoms with Gasteiger partial charge in [0.25, 0.3) is 0 Å². The monoisotopic (exact) mass is 166 g/mol. The summed E-state index contributed by atoms with van der Waals surface area (Å²) in [5, 5.41) is 0. The lowest BCUT2D eigenvalue weighted by Gasteiger charge is -2.14. The summed E-state index contributed by atoms with van der Waals surface area (Å²) in [4.78, 5) is 0. The molecule has 0 bridgehead atoms. The summed E-state index contributed by atoms with van der Waals surface area (Å²) in [5.41, 5.74) is 0. The van der Waals surface area contributed by atoms with Gasteiger partial charge in [0.2, 0.25) is 0 Å². The smallest absolute Gasteiger partial charge is 0.0990 e. The molecule has 0 amide bonds. The maximum absolute atomic E-state index is 5.56. The van der Waals surface area contributed by atoms with Gasteiger partial charge in [0.15, 0.2) is 0 Å². The van der Waals surface area contributed by atoms with Crippen LogP contribution in [0.4, 0.5) is 0 Å². The van der Waals surface area contributed by atoms with Crippen molar-refractivity contribution in [1.29, 1.82) is 0 Å². The molecule has 0 unspecified atom stereocenters. The van der Waals surface area contributed by atoms with Crippen molar-refractivity contribution >= 4 is 0 Å². The van der Waals surface area contributed by atoms with Crippen LogP contribution in [0.3, 0.4) is 0 Å². The van der Waals surface area contributed by atoms with E-state index >= 15 is 0 Å². The Hall–Kier alpha value is -0.720. The topological polar surface area (TPSA) is 9.23 Å². The summed E-state index contributed by atoms with van der Waals surface area (Å²) >= 11 is 0. The standard InChI is InChI=1S/C11H18O/c1-3-7-11(12-4-2)10-8-5-6-9-10/h3,7,10H,1,4-6,8-9H2,2H3/b11-7+. The van der Waals surface area contributed by atoms with Crippen LogP contribution in [0.1, 0.15) is 32.6 Å². The van der Waals surface area contributed by atoms with Crippen molar-refractivity contribution in [3.63, 3.8) is 0 Å². The van der Waals surface area contributed by atoms with Crippen LogP contribution in [0.25, 0.3) is 0 Å². The Balaban J connectivity index is 2.51. The largest absolute Gasteiger partial charge is 0.498 e. The molecule has 1 saturated carbocycles. The van der Waals surface area contributed by atoms with E-state index in [1.165, 1.54) is 25.7 Å². The first-order valence-electron chi connectivity index (χ1n) is 4.84. The second kappa shape index (κ2) is 5.02. The Labute approximate surface area is 75.1 Å². The molecule has 0 atom stereocenters. The molecular formula is C11H18O. The number of rotatable bonds is 4. The van der Waals surface area contributed by atoms with Gasteiger partial charge in [-0.3, -0.25) is 0 Å². The van der Waals surface area contributed by atoms with Gasteiger partial charge in [0, 0.05) is 5.92 Å². The van der Waals surface area contributed by atoms with Crippen LogP contribution >= 0.6 is 0 Å². The van der Waals surface area contributed by atoms with Crippen molar-refractivity contribution in [3.05, 3.63) is 24.5 Å². The molecule has 1 rings (SSSR count). The van der Waals surface area contributed by atoms with Gasteiger partial charge in [-0.15, -0.1) is 0 Å². The van der Waals surface area contributed by atoms with Gasteiger partial charge in [-0.25, -0.2) is 0 Å². The molecule has 0 heterocycles. The molecule has 12 heavy (non-hydrogen) atoms. The fraction of sp³-hybridized carbons (Fsp3) is 0.636. The van der Waals surface area contributed by atoms with Crippen LogP contribution in [0.2, 0.25) is 0 Å². The highest BCUT2D eigenvalue weighted by molar-refractivity contribution is 5.08. The van der Waals surface area contributed by atoms with E-state index in [1.54, 1.807) is 0 Å². The minimum atomic E-state index is 0.669. The van der Waals surface area contributed by atoms with Crippen LogP contribution in [-0.2, 0) is 4.74 Å². The van der Waals surface area contributed by atoms with Gasteiger partial charge in [0.05, 0.1) is 12.4 Å². The van der Waals surface area contributed by atoms with Crippen molar-refractivity contribution < 1.29 is 4.74 Å². The molecule has 1 fully saturated rings. The molecule has 68 valence electrons. The summed E-state index contributed by atoms with van der Waals surface area (Å²) in [6, 6.07) is 0. The first-order chi connectivity index (χ1) is 5.88. The number of hydrogen-bond acceptors (Lipinski definition) is 1. The van der Waals surface area contributed by atoms with E-state index in [9.17, 15) is 0 Å². The van der Waals surface area contributed by atoms with Gasteiger partial charge in [-0.05, 0) is 25.8 Å². The highest BCUT2D eigenvalue weighted by Gasteiger charge is 2.19. The predicted molar refractivity (Wildman–Crippen MR) is 51.9 cm³/mol. The van der Waals surface area contributed by atoms with Crippen molar-refractivity contribution in [3.8, 4) is 0 Å². The molecule has 0 aliphatic heterocycles. The van der Waals surface area contributed by atoms with E-state index in [-0.39, 0.29) is 0 Å². The fourth-order valence-corrected chi connectivity index (χ4v) is 1.80. The molecule has 0 aromatic carbocycles. The average molecular weight is 166 g/mol. The maximum Gasteiger partial charge on any atom is 0.0990 e. The molecule has 0 radical (unpaired) electrons. The fourth-order valence-electron chi connectivity index (χ4n) is 1.80. The Morgan fingerprint density at radius 1 is 1.50 bits per heavy atom. The SMILES string of the molecule is C=C/C=C(/OCC)C1CCCC1. The minimum absolute atomic E-state index is 0.669. The van der Waals surface area contributed by atoms with Crippen LogP contribution in [0.5, 0.6) is 0 Å². The van der Waals surface area contributed by atoms with Crippen LogP contribution in [-0.4, -0.2) is 6.61 Å². The summed E-state index contributed by atoms with van der Waals surface area (Å²) in [6.07, 6.45) is 9.13. The zero-order chi connectivity index (χ0) is 8.81. The molecule has 0 saturated heterocycles. The Morgan fingerprint density at radius 2 is 2.17 bits per heavy atom. The lowest BCUT2D eigenvalue weighted by atomic mass is 10.1. The Bertz CT molecular complexity index is 164. The Kier molecular flexibility index (Phi) is 3.92. The third-order valence-corrected chi connectivity index (χ3v) is 2.35. The van der Waals surface area contributed by atoms with Crippen molar-refractivity contribution in [2.45, 2.75) is 32.6 Å². The number of allylic oxidation sites excluding steroid dienone is 3. The average Bonchev–Trinajstić information content (AvgIpc) is 2.56. The van der Waals surface area contributed by atoms with E-state index in [4.69, 9.17) is 4.74 Å². The first-order valence-corrected chi connectivity index (χ1v) is 4.84. The van der Waals surface area contributed by atoms with Gasteiger partial charge < -0.3 is 4.74 Å². The molecule has 0 N–H and O–H groups in total. The maximum atomic E-state index is 5.56. The lowest BCUT2D eigenvalue weighted by molar-refractivity contribution is 0.191. The zero-order valence-electron chi connectivity index (χ0n) is 7.88. The van der Waals surface area contributed by atoms with Gasteiger partial charge in [0.1, 0.15) is 0 Å². The molecule has 1 aliphatic carbocycles. The Morgan fingerprint density at radius 3 is 2.67 bits per heavy atom. The van der Waals surface area contributed by atoms with Crippen molar-refractivity contribution in [2.24, 2.45) is 5.92 Å². The summed E-state index contributed by atoms with van der Waals surface area (Å²) in [5.74, 6) is 1.81. The predicted octanol–water partition coefficient (Wildman–Crippen LogP) is 3.28. The quantitative estimate of drug-likeness (QED) is 0.460. The van der Waals surface area contributed by atoms with Crippen LogP contribution in [0, 0.1) is 5.92 Å². The normalized spacial score (nSPS) is 19.6. The van der Waals surface area contributed by atoms with Gasteiger partial charge in [-0.1, -0.05) is 25.5 Å². The number of hydrogen-bond donors (Lipinski definition) is 0.